The average molecular weight is 324 g/mol. The van der Waals surface area contributed by atoms with Gasteiger partial charge in [0.1, 0.15) is 5.65 Å². The van der Waals surface area contributed by atoms with E-state index in [-0.39, 0.29) is 0 Å². The van der Waals surface area contributed by atoms with Crippen molar-refractivity contribution in [3.8, 4) is 11.1 Å². The highest BCUT2D eigenvalue weighted by Gasteiger charge is 2.16. The van der Waals surface area contributed by atoms with E-state index < -0.39 is 0 Å². The van der Waals surface area contributed by atoms with E-state index >= 15 is 0 Å². The minimum atomic E-state index is 0.748. The maximum atomic E-state index is 4.65. The van der Waals surface area contributed by atoms with Crippen molar-refractivity contribution in [3.05, 3.63) is 42.5 Å². The van der Waals surface area contributed by atoms with Gasteiger partial charge < -0.3 is 0 Å². The van der Waals surface area contributed by atoms with Gasteiger partial charge in [0.05, 0.1) is 6.20 Å². The number of nitrogens with zero attached hydrogens (tertiary/aromatic N) is 4. The molecule has 3 aromatic heterocycles. The summed E-state index contributed by atoms with van der Waals surface area (Å²) in [5.41, 5.74) is 5.76. The largest absolute Gasteiger partial charge is 0.277 e. The lowest BCUT2D eigenvalue weighted by molar-refractivity contribution is 0.536. The number of aryl methyl sites for hydroxylation is 1. The Morgan fingerprint density at radius 3 is 2.83 bits per heavy atom. The Kier molecular flexibility index (Phi) is 3.53. The van der Waals surface area contributed by atoms with Gasteiger partial charge in [-0.1, -0.05) is 25.8 Å². The van der Waals surface area contributed by atoms with Gasteiger partial charge in [-0.3, -0.25) is 8.65 Å². The van der Waals surface area contributed by atoms with Crippen molar-refractivity contribution < 1.29 is 0 Å². The predicted molar refractivity (Wildman–Crippen MR) is 97.3 cm³/mol. The Balaban J connectivity index is 1.86. The second kappa shape index (κ2) is 5.57. The predicted octanol–water partition coefficient (Wildman–Crippen LogP) is 4.33. The molecular formula is C18H20N4S. The van der Waals surface area contributed by atoms with Crippen molar-refractivity contribution in [1.82, 2.24) is 18.7 Å². The first-order chi connectivity index (χ1) is 11.1. The fraction of sp³-hybridized carbons (Fsp3) is 0.333. The van der Waals surface area contributed by atoms with E-state index in [1.54, 1.807) is 3.97 Å². The van der Waals surface area contributed by atoms with Crippen LogP contribution in [0.1, 0.15) is 31.7 Å². The third-order valence-corrected chi connectivity index (χ3v) is 4.94. The third-order valence-electron chi connectivity index (χ3n) is 4.63. The first-order valence-electron chi connectivity index (χ1n) is 8.00. The highest BCUT2D eigenvalue weighted by Crippen LogP contribution is 2.35. The molecule has 3 aromatic rings. The van der Waals surface area contributed by atoms with E-state index in [1.165, 1.54) is 17.6 Å². The molecule has 1 aliphatic carbocycles. The van der Waals surface area contributed by atoms with Crippen molar-refractivity contribution in [3.63, 3.8) is 0 Å². The van der Waals surface area contributed by atoms with Crippen LogP contribution < -0.4 is 0 Å². The Morgan fingerprint density at radius 2 is 2.09 bits per heavy atom. The molecule has 0 saturated carbocycles. The molecule has 0 spiro atoms. The van der Waals surface area contributed by atoms with E-state index in [4.69, 9.17) is 0 Å². The Hall–Kier alpha value is -2.01. The van der Waals surface area contributed by atoms with Crippen LogP contribution >= 0.6 is 12.8 Å². The summed E-state index contributed by atoms with van der Waals surface area (Å²) in [5, 5.41) is 5.41. The molecule has 1 aliphatic rings. The number of pyridine rings is 1. The monoisotopic (exact) mass is 324 g/mol. The minimum Gasteiger partial charge on any atom is -0.277 e. The quantitative estimate of drug-likeness (QED) is 0.712. The minimum absolute atomic E-state index is 0.748. The molecule has 0 fully saturated rings. The molecule has 0 bridgehead atoms. The summed E-state index contributed by atoms with van der Waals surface area (Å²) in [7, 11) is 1.93. The SMILES string of the molecule is CC1CCC=C(c2cnc3c(c2)c(-c2cnn(C)c2)cn3S)C1. The molecule has 4 nitrogen and oxygen atoms in total. The van der Waals surface area contributed by atoms with Crippen LogP contribution in [0.5, 0.6) is 0 Å². The van der Waals surface area contributed by atoms with E-state index in [0.29, 0.717) is 0 Å². The molecule has 118 valence electrons. The Labute approximate surface area is 141 Å². The smallest absolute Gasteiger partial charge is 0.150 e. The maximum absolute atomic E-state index is 4.65. The van der Waals surface area contributed by atoms with Gasteiger partial charge in [-0.25, -0.2) is 4.98 Å². The molecule has 4 rings (SSSR count). The molecule has 23 heavy (non-hydrogen) atoms. The van der Waals surface area contributed by atoms with Gasteiger partial charge in [-0.2, -0.15) is 5.10 Å². The number of thiol groups is 1. The molecule has 0 radical (unpaired) electrons. The van der Waals surface area contributed by atoms with Gasteiger partial charge in [0.25, 0.3) is 0 Å². The fourth-order valence-electron chi connectivity index (χ4n) is 3.40. The molecule has 5 heteroatoms. The van der Waals surface area contributed by atoms with E-state index in [1.807, 2.05) is 36.5 Å². The highest BCUT2D eigenvalue weighted by atomic mass is 32.1. The molecule has 0 aromatic carbocycles. The third kappa shape index (κ3) is 2.59. The highest BCUT2D eigenvalue weighted by molar-refractivity contribution is 7.78. The number of fused-ring (bicyclic) bond motifs is 1. The van der Waals surface area contributed by atoms with Gasteiger partial charge in [0.15, 0.2) is 0 Å². The van der Waals surface area contributed by atoms with Gasteiger partial charge in [0.2, 0.25) is 0 Å². The summed E-state index contributed by atoms with van der Waals surface area (Å²) in [6, 6.07) is 2.25. The zero-order valence-corrected chi connectivity index (χ0v) is 14.3. The van der Waals surface area contributed by atoms with Crippen LogP contribution in [0, 0.1) is 5.92 Å². The van der Waals surface area contributed by atoms with Crippen LogP contribution in [0.2, 0.25) is 0 Å². The summed E-state index contributed by atoms with van der Waals surface area (Å²) in [6.45, 7) is 2.32. The number of allylic oxidation sites excluding steroid dienone is 2. The van der Waals surface area contributed by atoms with Crippen molar-refractivity contribution in [2.24, 2.45) is 13.0 Å². The number of hydrogen-bond acceptors (Lipinski definition) is 3. The topological polar surface area (TPSA) is 35.6 Å². The van der Waals surface area contributed by atoms with Gasteiger partial charge in [-0.15, -0.1) is 0 Å². The molecule has 0 saturated heterocycles. The first-order valence-corrected chi connectivity index (χ1v) is 8.40. The van der Waals surface area contributed by atoms with Crippen molar-refractivity contribution in [1.29, 1.82) is 0 Å². The van der Waals surface area contributed by atoms with Gasteiger partial charge in [0, 0.05) is 42.2 Å². The summed E-state index contributed by atoms with van der Waals surface area (Å²) in [6.07, 6.45) is 13.9. The van der Waals surface area contributed by atoms with Crippen LogP contribution in [0.25, 0.3) is 27.7 Å². The van der Waals surface area contributed by atoms with Crippen LogP contribution in [0.15, 0.2) is 36.9 Å². The zero-order chi connectivity index (χ0) is 16.0. The average Bonchev–Trinajstić information content (AvgIpc) is 3.11. The second-order valence-electron chi connectivity index (χ2n) is 6.50. The van der Waals surface area contributed by atoms with Crippen molar-refractivity contribution >= 4 is 29.4 Å². The summed E-state index contributed by atoms with van der Waals surface area (Å²) in [5.74, 6) is 0.748. The van der Waals surface area contributed by atoms with Crippen molar-refractivity contribution in [2.45, 2.75) is 26.2 Å². The van der Waals surface area contributed by atoms with Crippen LogP contribution in [0.4, 0.5) is 0 Å². The molecule has 1 atom stereocenters. The van der Waals surface area contributed by atoms with E-state index in [2.05, 4.69) is 42.0 Å². The second-order valence-corrected chi connectivity index (χ2v) is 6.93. The van der Waals surface area contributed by atoms with E-state index in [0.717, 1.165) is 40.9 Å². The summed E-state index contributed by atoms with van der Waals surface area (Å²) < 4.78 is 3.61. The van der Waals surface area contributed by atoms with Crippen LogP contribution in [-0.4, -0.2) is 18.7 Å². The first kappa shape index (κ1) is 14.6. The molecular weight excluding hydrogens is 304 g/mol. The lowest BCUT2D eigenvalue weighted by atomic mass is 9.87. The van der Waals surface area contributed by atoms with E-state index in [9.17, 15) is 0 Å². The summed E-state index contributed by atoms with van der Waals surface area (Å²) >= 11 is 4.52. The number of rotatable bonds is 2. The molecule has 3 heterocycles. The normalized spacial score (nSPS) is 18.4. The number of aromatic nitrogens is 4. The lowest BCUT2D eigenvalue weighted by Gasteiger charge is -2.19. The van der Waals surface area contributed by atoms with Gasteiger partial charge >= 0.3 is 0 Å². The Bertz CT molecular complexity index is 903. The summed E-state index contributed by atoms with van der Waals surface area (Å²) in [4.78, 5) is 4.65. The number of hydrogen-bond donors (Lipinski definition) is 1. The fourth-order valence-corrected chi connectivity index (χ4v) is 3.67. The zero-order valence-electron chi connectivity index (χ0n) is 13.4. The maximum Gasteiger partial charge on any atom is 0.150 e. The molecule has 0 aliphatic heterocycles. The Morgan fingerprint density at radius 1 is 1.22 bits per heavy atom. The molecule has 0 N–H and O–H groups in total. The van der Waals surface area contributed by atoms with Crippen LogP contribution in [-0.2, 0) is 7.05 Å². The molecule has 0 amide bonds. The van der Waals surface area contributed by atoms with Crippen LogP contribution in [0.3, 0.4) is 0 Å². The lowest BCUT2D eigenvalue weighted by Crippen LogP contribution is -2.02. The standard InChI is InChI=1S/C18H20N4S/c1-12-4-3-5-13(6-12)14-7-16-17(15-9-20-21(2)10-15)11-22(23)18(16)19-8-14/h5,7-12,23H,3-4,6H2,1-2H3. The van der Waals surface area contributed by atoms with Crippen molar-refractivity contribution in [2.75, 3.05) is 0 Å². The van der Waals surface area contributed by atoms with Gasteiger partial charge in [-0.05, 0) is 42.4 Å². The molecule has 1 unspecified atom stereocenters.